The number of rotatable bonds is 2. The smallest absolute Gasteiger partial charge is 0.349 e. The van der Waals surface area contributed by atoms with Crippen LogP contribution in [0.3, 0.4) is 0 Å². The second-order valence-electron chi connectivity index (χ2n) is 2.89. The van der Waals surface area contributed by atoms with Gasteiger partial charge in [0, 0.05) is 6.54 Å². The van der Waals surface area contributed by atoms with E-state index in [0.717, 1.165) is 6.42 Å². The van der Waals surface area contributed by atoms with Gasteiger partial charge in [0.25, 0.3) is 0 Å². The molecule has 3 N–H and O–H groups in total. The number of hydrogen-bond acceptors (Lipinski definition) is 4. The van der Waals surface area contributed by atoms with E-state index >= 15 is 0 Å². The molecule has 0 saturated carbocycles. The van der Waals surface area contributed by atoms with E-state index in [1.807, 2.05) is 0 Å². The van der Waals surface area contributed by atoms with Gasteiger partial charge in [-0.3, -0.25) is 4.79 Å². The third kappa shape index (κ3) is 2.35. The number of amides is 3. The van der Waals surface area contributed by atoms with E-state index in [1.54, 1.807) is 5.48 Å². The third-order valence-corrected chi connectivity index (χ3v) is 1.95. The summed E-state index contributed by atoms with van der Waals surface area (Å²) in [5, 5.41) is 0. The monoisotopic (exact) mass is 201 g/mol. The molecule has 0 radical (unpaired) electrons. The summed E-state index contributed by atoms with van der Waals surface area (Å²) in [5.41, 5.74) is 6.41. The van der Waals surface area contributed by atoms with Crippen LogP contribution in [-0.4, -0.2) is 35.9 Å². The zero-order valence-corrected chi connectivity index (χ0v) is 7.43. The number of nitrogens with two attached hydrogens (primary N) is 1. The van der Waals surface area contributed by atoms with Crippen molar-refractivity contribution in [2.45, 2.75) is 18.9 Å². The molecule has 1 saturated heterocycles. The minimum absolute atomic E-state index is 0.528. The summed E-state index contributed by atoms with van der Waals surface area (Å²) in [7, 11) is 0. The van der Waals surface area contributed by atoms with Gasteiger partial charge in [-0.25, -0.2) is 9.59 Å². The second kappa shape index (κ2) is 4.45. The number of likely N-dealkylation sites (tertiary alicyclic amines) is 1. The Bertz CT molecular complexity index is 255. The molecule has 0 bridgehead atoms. The van der Waals surface area contributed by atoms with Crippen molar-refractivity contribution >= 4 is 18.4 Å². The first-order valence-electron chi connectivity index (χ1n) is 4.12. The van der Waals surface area contributed by atoms with Gasteiger partial charge in [-0.2, -0.15) is 5.48 Å². The molecule has 78 valence electrons. The third-order valence-electron chi connectivity index (χ3n) is 1.95. The molecule has 3 amide bonds. The van der Waals surface area contributed by atoms with Gasteiger partial charge in [-0.05, 0) is 12.8 Å². The first kappa shape index (κ1) is 10.3. The Morgan fingerprint density at radius 1 is 1.57 bits per heavy atom. The first-order valence-corrected chi connectivity index (χ1v) is 4.12. The lowest BCUT2D eigenvalue weighted by Gasteiger charge is -2.17. The van der Waals surface area contributed by atoms with Crippen LogP contribution in [0.25, 0.3) is 0 Å². The molecule has 1 aliphatic heterocycles. The number of hydroxylamine groups is 1. The predicted molar refractivity (Wildman–Crippen MR) is 44.6 cm³/mol. The van der Waals surface area contributed by atoms with E-state index in [2.05, 4.69) is 4.84 Å². The highest BCUT2D eigenvalue weighted by atomic mass is 16.7. The summed E-state index contributed by atoms with van der Waals surface area (Å²) in [5.74, 6) is -0.673. The Morgan fingerprint density at radius 2 is 2.29 bits per heavy atom. The fourth-order valence-electron chi connectivity index (χ4n) is 1.34. The van der Waals surface area contributed by atoms with Gasteiger partial charge in [0.05, 0.1) is 0 Å². The fourth-order valence-corrected chi connectivity index (χ4v) is 1.34. The maximum absolute atomic E-state index is 11.2. The largest absolute Gasteiger partial charge is 0.354 e. The highest BCUT2D eigenvalue weighted by molar-refractivity contribution is 5.80. The van der Waals surface area contributed by atoms with Gasteiger partial charge < -0.3 is 15.5 Å². The molecule has 0 aromatic carbocycles. The van der Waals surface area contributed by atoms with Crippen molar-refractivity contribution in [2.75, 3.05) is 6.54 Å². The second-order valence-corrected chi connectivity index (χ2v) is 2.89. The van der Waals surface area contributed by atoms with Crippen LogP contribution in [0.5, 0.6) is 0 Å². The zero-order valence-electron chi connectivity index (χ0n) is 7.43. The van der Waals surface area contributed by atoms with Crippen LogP contribution in [0, 0.1) is 0 Å². The van der Waals surface area contributed by atoms with E-state index in [-0.39, 0.29) is 0 Å². The van der Waals surface area contributed by atoms with Gasteiger partial charge >= 0.3 is 12.0 Å². The van der Waals surface area contributed by atoms with Gasteiger partial charge in [-0.1, -0.05) is 0 Å². The van der Waals surface area contributed by atoms with Gasteiger partial charge in [0.2, 0.25) is 6.41 Å². The average molecular weight is 201 g/mol. The highest BCUT2D eigenvalue weighted by Crippen LogP contribution is 2.15. The molecule has 1 atom stereocenters. The van der Waals surface area contributed by atoms with E-state index in [9.17, 15) is 14.4 Å². The lowest BCUT2D eigenvalue weighted by Crippen LogP contribution is -2.41. The van der Waals surface area contributed by atoms with Crippen molar-refractivity contribution in [3.8, 4) is 0 Å². The molecule has 0 aromatic heterocycles. The first-order chi connectivity index (χ1) is 6.65. The van der Waals surface area contributed by atoms with Crippen LogP contribution >= 0.6 is 0 Å². The van der Waals surface area contributed by atoms with E-state index in [4.69, 9.17) is 5.73 Å². The fraction of sp³-hybridized carbons (Fsp3) is 0.571. The molecule has 1 heterocycles. The number of carbonyl (C=O) groups excluding carboxylic acids is 3. The van der Waals surface area contributed by atoms with Crippen LogP contribution in [0.15, 0.2) is 0 Å². The Morgan fingerprint density at radius 3 is 2.86 bits per heavy atom. The van der Waals surface area contributed by atoms with Crippen LogP contribution in [0.4, 0.5) is 4.79 Å². The molecule has 0 aliphatic carbocycles. The Hall–Kier alpha value is -1.79. The van der Waals surface area contributed by atoms with Crippen molar-refractivity contribution in [1.29, 1.82) is 0 Å². The molecular formula is C7H11N3O4. The minimum atomic E-state index is -0.950. The number of hydrogen-bond donors (Lipinski definition) is 2. The molecule has 0 unspecified atom stereocenters. The summed E-state index contributed by atoms with van der Waals surface area (Å²) in [4.78, 5) is 37.6. The van der Waals surface area contributed by atoms with Gasteiger partial charge in [0.1, 0.15) is 6.04 Å². The van der Waals surface area contributed by atoms with E-state index in [1.165, 1.54) is 4.90 Å². The molecule has 1 fully saturated rings. The summed E-state index contributed by atoms with van der Waals surface area (Å²) in [6.07, 6.45) is 1.87. The van der Waals surface area contributed by atoms with Crippen LogP contribution in [0.1, 0.15) is 12.8 Å². The van der Waals surface area contributed by atoms with Crippen molar-refractivity contribution in [3.63, 3.8) is 0 Å². The molecule has 7 heteroatoms. The van der Waals surface area contributed by atoms with Crippen LogP contribution in [-0.2, 0) is 14.4 Å². The normalized spacial score (nSPS) is 20.3. The molecular weight excluding hydrogens is 190 g/mol. The number of nitrogens with one attached hydrogen (secondary N) is 1. The number of nitrogens with zero attached hydrogens (tertiary/aromatic N) is 1. The Kier molecular flexibility index (Phi) is 3.27. The van der Waals surface area contributed by atoms with Crippen LogP contribution in [0.2, 0.25) is 0 Å². The quantitative estimate of drug-likeness (QED) is 0.429. The van der Waals surface area contributed by atoms with E-state index < -0.39 is 18.0 Å². The van der Waals surface area contributed by atoms with Crippen molar-refractivity contribution in [1.82, 2.24) is 10.4 Å². The van der Waals surface area contributed by atoms with Crippen LogP contribution < -0.4 is 11.2 Å². The Balaban J connectivity index is 2.43. The van der Waals surface area contributed by atoms with Crippen molar-refractivity contribution in [2.24, 2.45) is 5.73 Å². The lowest BCUT2D eigenvalue weighted by molar-refractivity contribution is -0.155. The average Bonchev–Trinajstić information content (AvgIpc) is 2.61. The summed E-state index contributed by atoms with van der Waals surface area (Å²) in [6.45, 7) is 0.528. The summed E-state index contributed by atoms with van der Waals surface area (Å²) >= 11 is 0. The number of carbonyl (C=O) groups is 3. The molecule has 7 nitrogen and oxygen atoms in total. The van der Waals surface area contributed by atoms with Gasteiger partial charge in [-0.15, -0.1) is 0 Å². The molecule has 1 aliphatic rings. The standard InChI is InChI=1S/C7H11N3O4/c8-7(13)9-14-6(12)5-2-1-3-10(5)4-11/h4-5H,1-3H2,(H3,8,9,13)/t5-/m0/s1. The molecule has 1 rings (SSSR count). The predicted octanol–water partition coefficient (Wildman–Crippen LogP) is -1.27. The number of urea groups is 1. The Labute approximate surface area is 80.1 Å². The van der Waals surface area contributed by atoms with Crippen molar-refractivity contribution < 1.29 is 19.2 Å². The number of primary amides is 1. The maximum Gasteiger partial charge on any atom is 0.354 e. The zero-order chi connectivity index (χ0) is 10.6. The SMILES string of the molecule is NC(=O)NOC(=O)[C@@H]1CCCN1C=O. The lowest BCUT2D eigenvalue weighted by atomic mass is 10.2. The molecule has 14 heavy (non-hydrogen) atoms. The topological polar surface area (TPSA) is 102 Å². The summed E-state index contributed by atoms with van der Waals surface area (Å²) in [6, 6.07) is -1.56. The molecule has 0 spiro atoms. The van der Waals surface area contributed by atoms with Crippen molar-refractivity contribution in [3.05, 3.63) is 0 Å². The van der Waals surface area contributed by atoms with Gasteiger partial charge in [0.15, 0.2) is 0 Å². The highest BCUT2D eigenvalue weighted by Gasteiger charge is 2.31. The maximum atomic E-state index is 11.2. The van der Waals surface area contributed by atoms with E-state index in [0.29, 0.717) is 19.4 Å². The molecule has 0 aromatic rings. The minimum Gasteiger partial charge on any atom is -0.349 e. The summed E-state index contributed by atoms with van der Waals surface area (Å²) < 4.78 is 0.